The maximum Gasteiger partial charge on any atom is 0.254 e. The third-order valence-corrected chi connectivity index (χ3v) is 6.72. The van der Waals surface area contributed by atoms with Crippen LogP contribution in [-0.4, -0.2) is 52.9 Å². The number of carbonyl (C=O) groups excluding carboxylic acids is 2. The van der Waals surface area contributed by atoms with Crippen LogP contribution < -0.4 is 27.7 Å². The molecule has 1 aliphatic rings. The first kappa shape index (κ1) is 25.6. The number of hydrogen-bond acceptors (Lipinski definition) is 7. The number of nitrogens with zero attached hydrogens (tertiary/aromatic N) is 3. The molecule has 0 aromatic carbocycles. The van der Waals surface area contributed by atoms with E-state index in [2.05, 4.69) is 20.6 Å². The second-order valence-electron chi connectivity index (χ2n) is 8.47. The highest BCUT2D eigenvalue weighted by atomic mass is 32.1. The largest absolute Gasteiger partial charge is 0.370 e. The molecule has 3 heterocycles. The number of ketones is 1. The van der Waals surface area contributed by atoms with Crippen molar-refractivity contribution in [1.29, 1.82) is 0 Å². The van der Waals surface area contributed by atoms with Crippen molar-refractivity contribution in [2.75, 3.05) is 19.6 Å². The molecule has 0 spiro atoms. The summed E-state index contributed by atoms with van der Waals surface area (Å²) in [5.74, 6) is -0.0779. The zero-order valence-electron chi connectivity index (χ0n) is 19.2. The van der Waals surface area contributed by atoms with Gasteiger partial charge in [-0.05, 0) is 63.6 Å². The second-order valence-corrected chi connectivity index (χ2v) is 9.36. The average Bonchev–Trinajstić information content (AvgIpc) is 3.37. The van der Waals surface area contributed by atoms with Crippen LogP contribution in [0.5, 0.6) is 0 Å². The van der Waals surface area contributed by atoms with Crippen LogP contribution in [0.2, 0.25) is 0 Å². The highest BCUT2D eigenvalue weighted by Crippen LogP contribution is 2.17. The molecule has 0 aliphatic carbocycles. The van der Waals surface area contributed by atoms with Crippen molar-refractivity contribution in [2.24, 2.45) is 22.4 Å². The number of pyridine rings is 1. The molecule has 0 saturated carbocycles. The third-order valence-electron chi connectivity index (χ3n) is 5.93. The van der Waals surface area contributed by atoms with Gasteiger partial charge in [-0.3, -0.25) is 19.4 Å². The predicted octanol–water partition coefficient (Wildman–Crippen LogP) is 0.658. The van der Waals surface area contributed by atoms with Gasteiger partial charge in [0.1, 0.15) is 6.54 Å². The Hall–Kier alpha value is -3.05. The normalized spacial score (nSPS) is 14.9. The summed E-state index contributed by atoms with van der Waals surface area (Å²) in [6.45, 7) is 2.24. The number of nitrogens with one attached hydrogen (secondary N) is 2. The number of aryl methyl sites for hydroxylation is 1. The SMILES string of the molecule is NC(N)=NCCC[C@H](NC(=O)Cn1cccc(CCC2CCNCC2)c1=O)C(=O)c1nccs1. The molecule has 1 saturated heterocycles. The van der Waals surface area contributed by atoms with Crippen molar-refractivity contribution >= 4 is 29.0 Å². The number of aromatic nitrogens is 2. The Morgan fingerprint density at radius 1 is 1.32 bits per heavy atom. The summed E-state index contributed by atoms with van der Waals surface area (Å²) in [5, 5.41) is 8.16. The molecule has 0 bridgehead atoms. The molecule has 2 aromatic heterocycles. The number of aliphatic imine (C=N–C) groups is 1. The summed E-state index contributed by atoms with van der Waals surface area (Å²) >= 11 is 1.22. The molecule has 6 N–H and O–H groups in total. The fraction of sp³-hybridized carbons (Fsp3) is 0.522. The molecule has 0 radical (unpaired) electrons. The van der Waals surface area contributed by atoms with Crippen LogP contribution in [-0.2, 0) is 17.8 Å². The lowest BCUT2D eigenvalue weighted by Gasteiger charge is -2.22. The van der Waals surface area contributed by atoms with Gasteiger partial charge in [-0.1, -0.05) is 6.07 Å². The predicted molar refractivity (Wildman–Crippen MR) is 133 cm³/mol. The Bertz CT molecular complexity index is 1030. The topological polar surface area (TPSA) is 157 Å². The number of amides is 1. The number of carbonyl (C=O) groups is 2. The number of piperidine rings is 1. The number of nitrogens with two attached hydrogens (primary N) is 2. The maximum atomic E-state index is 12.9. The monoisotopic (exact) mass is 487 g/mol. The van der Waals surface area contributed by atoms with E-state index in [1.807, 2.05) is 6.07 Å². The van der Waals surface area contributed by atoms with Crippen LogP contribution in [0.1, 0.15) is 47.5 Å². The number of Topliss-reactive ketones (excluding diaryl/α,β-unsaturated/α-hetero) is 1. The van der Waals surface area contributed by atoms with E-state index in [9.17, 15) is 14.4 Å². The van der Waals surface area contributed by atoms with Crippen molar-refractivity contribution in [3.05, 3.63) is 50.8 Å². The maximum absolute atomic E-state index is 12.9. The molecule has 1 aliphatic heterocycles. The molecular weight excluding hydrogens is 454 g/mol. The first-order valence-electron chi connectivity index (χ1n) is 11.6. The van der Waals surface area contributed by atoms with E-state index < -0.39 is 11.9 Å². The molecule has 1 atom stereocenters. The molecule has 3 rings (SSSR count). The van der Waals surface area contributed by atoms with E-state index >= 15 is 0 Å². The first-order chi connectivity index (χ1) is 16.4. The minimum atomic E-state index is -0.772. The standard InChI is InChI=1S/C23H33N7O3S/c24-23(25)28-9-1-4-18(20(32)21-27-12-14-34-21)29-19(31)15-30-13-2-3-17(22(30)33)6-5-16-7-10-26-11-8-16/h2-3,12-14,16,18,26H,1,4-11,15H2,(H,29,31)(H4,24,25,28)/t18-/m0/s1. The molecule has 11 heteroatoms. The van der Waals surface area contributed by atoms with Gasteiger partial charge in [0.05, 0.1) is 6.04 Å². The summed E-state index contributed by atoms with van der Waals surface area (Å²) in [4.78, 5) is 46.5. The minimum Gasteiger partial charge on any atom is -0.370 e. The van der Waals surface area contributed by atoms with E-state index in [0.717, 1.165) is 32.4 Å². The quantitative estimate of drug-likeness (QED) is 0.148. The van der Waals surface area contributed by atoms with E-state index in [4.69, 9.17) is 11.5 Å². The lowest BCUT2D eigenvalue weighted by molar-refractivity contribution is -0.122. The van der Waals surface area contributed by atoms with Gasteiger partial charge in [-0.2, -0.15) is 0 Å². The molecule has 34 heavy (non-hydrogen) atoms. The Labute approximate surface area is 202 Å². The zero-order chi connectivity index (χ0) is 24.3. The van der Waals surface area contributed by atoms with E-state index in [-0.39, 0.29) is 23.8 Å². The molecular formula is C23H33N7O3S. The molecule has 0 unspecified atom stereocenters. The second kappa shape index (κ2) is 13.0. The summed E-state index contributed by atoms with van der Waals surface area (Å²) in [6, 6.07) is 2.85. The average molecular weight is 488 g/mol. The number of guanidine groups is 1. The van der Waals surface area contributed by atoms with E-state index in [0.29, 0.717) is 42.3 Å². The summed E-state index contributed by atoms with van der Waals surface area (Å²) in [6.07, 6.45) is 7.92. The van der Waals surface area contributed by atoms with Gasteiger partial charge >= 0.3 is 0 Å². The van der Waals surface area contributed by atoms with Crippen LogP contribution in [0, 0.1) is 5.92 Å². The minimum absolute atomic E-state index is 0.0220. The Morgan fingerprint density at radius 2 is 2.12 bits per heavy atom. The van der Waals surface area contributed by atoms with E-state index in [1.54, 1.807) is 23.8 Å². The Balaban J connectivity index is 1.61. The van der Waals surface area contributed by atoms with Crippen molar-refractivity contribution in [2.45, 2.75) is 51.1 Å². The molecule has 1 fully saturated rings. The lowest BCUT2D eigenvalue weighted by Crippen LogP contribution is -2.43. The van der Waals surface area contributed by atoms with Crippen molar-refractivity contribution < 1.29 is 9.59 Å². The fourth-order valence-corrected chi connectivity index (χ4v) is 4.72. The van der Waals surface area contributed by atoms with Crippen LogP contribution in [0.4, 0.5) is 0 Å². The summed E-state index contributed by atoms with van der Waals surface area (Å²) in [5.41, 5.74) is 11.2. The molecule has 2 aromatic rings. The lowest BCUT2D eigenvalue weighted by atomic mass is 9.92. The summed E-state index contributed by atoms with van der Waals surface area (Å²) in [7, 11) is 0. The fourth-order valence-electron chi connectivity index (χ4n) is 4.09. The van der Waals surface area contributed by atoms with Gasteiger partial charge < -0.3 is 26.7 Å². The van der Waals surface area contributed by atoms with Gasteiger partial charge in [0.25, 0.3) is 5.56 Å². The number of thiazole rings is 1. The van der Waals surface area contributed by atoms with Gasteiger partial charge in [0, 0.05) is 29.9 Å². The van der Waals surface area contributed by atoms with Crippen molar-refractivity contribution in [1.82, 2.24) is 20.2 Å². The Kier molecular flexibility index (Phi) is 9.77. The van der Waals surface area contributed by atoms with Crippen LogP contribution >= 0.6 is 11.3 Å². The van der Waals surface area contributed by atoms with E-state index in [1.165, 1.54) is 15.9 Å². The Morgan fingerprint density at radius 3 is 2.82 bits per heavy atom. The van der Waals surface area contributed by atoms with Crippen molar-refractivity contribution in [3.63, 3.8) is 0 Å². The highest BCUT2D eigenvalue weighted by molar-refractivity contribution is 7.11. The van der Waals surface area contributed by atoms with Crippen LogP contribution in [0.15, 0.2) is 39.7 Å². The van der Waals surface area contributed by atoms with Crippen molar-refractivity contribution in [3.8, 4) is 0 Å². The van der Waals surface area contributed by atoms with Crippen LogP contribution in [0.3, 0.4) is 0 Å². The van der Waals surface area contributed by atoms with Crippen LogP contribution in [0.25, 0.3) is 0 Å². The molecule has 1 amide bonds. The summed E-state index contributed by atoms with van der Waals surface area (Å²) < 4.78 is 1.40. The smallest absolute Gasteiger partial charge is 0.254 e. The van der Waals surface area contributed by atoms with Gasteiger partial charge in [-0.15, -0.1) is 11.3 Å². The van der Waals surface area contributed by atoms with Gasteiger partial charge in [-0.25, -0.2) is 4.98 Å². The highest BCUT2D eigenvalue weighted by Gasteiger charge is 2.24. The third kappa shape index (κ3) is 7.77. The zero-order valence-corrected chi connectivity index (χ0v) is 20.1. The molecule has 10 nitrogen and oxygen atoms in total. The van der Waals surface area contributed by atoms with Gasteiger partial charge in [0.15, 0.2) is 11.0 Å². The molecule has 184 valence electrons. The first-order valence-corrected chi connectivity index (χ1v) is 12.5. The number of rotatable bonds is 12. The van der Waals surface area contributed by atoms with Gasteiger partial charge in [0.2, 0.25) is 11.7 Å². The number of hydrogen-bond donors (Lipinski definition) is 4.